The van der Waals surface area contributed by atoms with Crippen LogP contribution >= 0.6 is 0 Å². The summed E-state index contributed by atoms with van der Waals surface area (Å²) in [6.07, 6.45) is 0. The SMILES string of the molecule is CC(C)N(CCNC(=O)c1cc(N)n[nH]1)C(C)C. The van der Waals surface area contributed by atoms with Crippen LogP contribution in [-0.4, -0.2) is 46.2 Å². The Morgan fingerprint density at radius 1 is 1.44 bits per heavy atom. The molecule has 0 radical (unpaired) electrons. The number of anilines is 1. The predicted octanol–water partition coefficient (Wildman–Crippen LogP) is 0.841. The van der Waals surface area contributed by atoms with Gasteiger partial charge in [0.15, 0.2) is 0 Å². The third-order valence-corrected chi connectivity index (χ3v) is 2.82. The minimum Gasteiger partial charge on any atom is -0.382 e. The maximum Gasteiger partial charge on any atom is 0.269 e. The highest BCUT2D eigenvalue weighted by Gasteiger charge is 2.14. The topological polar surface area (TPSA) is 87.0 Å². The molecule has 1 amide bonds. The van der Waals surface area contributed by atoms with Crippen LogP contribution in [0.25, 0.3) is 0 Å². The summed E-state index contributed by atoms with van der Waals surface area (Å²) in [5.41, 5.74) is 5.84. The first kappa shape index (κ1) is 14.5. The van der Waals surface area contributed by atoms with Crippen molar-refractivity contribution in [2.45, 2.75) is 39.8 Å². The Bertz CT molecular complexity index is 378. The molecule has 1 rings (SSSR count). The average molecular weight is 253 g/mol. The number of nitrogens with two attached hydrogens (primary N) is 1. The molecule has 0 aliphatic rings. The number of H-pyrrole nitrogens is 1. The number of aromatic amines is 1. The van der Waals surface area contributed by atoms with Crippen molar-refractivity contribution in [2.24, 2.45) is 0 Å². The van der Waals surface area contributed by atoms with E-state index in [9.17, 15) is 4.79 Å². The lowest BCUT2D eigenvalue weighted by Crippen LogP contribution is -2.42. The predicted molar refractivity (Wildman–Crippen MR) is 72.3 cm³/mol. The molecule has 102 valence electrons. The second-order valence-corrected chi connectivity index (χ2v) is 4.89. The first-order valence-corrected chi connectivity index (χ1v) is 6.26. The molecule has 1 aromatic heterocycles. The molecular formula is C12H23N5O. The van der Waals surface area contributed by atoms with Gasteiger partial charge in [0.1, 0.15) is 11.5 Å². The summed E-state index contributed by atoms with van der Waals surface area (Å²) in [5, 5.41) is 9.15. The zero-order valence-corrected chi connectivity index (χ0v) is 11.5. The van der Waals surface area contributed by atoms with Crippen molar-refractivity contribution in [3.63, 3.8) is 0 Å². The molecule has 1 heterocycles. The summed E-state index contributed by atoms with van der Waals surface area (Å²) in [5.74, 6) is 0.151. The first-order valence-electron chi connectivity index (χ1n) is 6.26. The van der Waals surface area contributed by atoms with Gasteiger partial charge in [-0.2, -0.15) is 5.10 Å². The fraction of sp³-hybridized carbons (Fsp3) is 0.667. The van der Waals surface area contributed by atoms with Crippen LogP contribution in [0.2, 0.25) is 0 Å². The standard InChI is InChI=1S/C12H23N5O/c1-8(2)17(9(3)4)6-5-14-12(18)10-7-11(13)16-15-10/h7-9H,5-6H2,1-4H3,(H,14,18)(H3,13,15,16). The molecule has 0 aliphatic carbocycles. The van der Waals surface area contributed by atoms with Gasteiger partial charge >= 0.3 is 0 Å². The number of carbonyl (C=O) groups excluding carboxylic acids is 1. The summed E-state index contributed by atoms with van der Waals surface area (Å²) in [4.78, 5) is 14.0. The smallest absolute Gasteiger partial charge is 0.269 e. The minimum atomic E-state index is -0.174. The molecule has 0 fully saturated rings. The highest BCUT2D eigenvalue weighted by molar-refractivity contribution is 5.92. The summed E-state index contributed by atoms with van der Waals surface area (Å²) in [6, 6.07) is 2.45. The van der Waals surface area contributed by atoms with Gasteiger partial charge in [0.05, 0.1) is 0 Å². The molecule has 0 unspecified atom stereocenters. The van der Waals surface area contributed by atoms with E-state index in [-0.39, 0.29) is 5.91 Å². The number of hydrogen-bond donors (Lipinski definition) is 3. The Hall–Kier alpha value is -1.56. The highest BCUT2D eigenvalue weighted by Crippen LogP contribution is 2.04. The fourth-order valence-electron chi connectivity index (χ4n) is 1.96. The average Bonchev–Trinajstić information content (AvgIpc) is 2.69. The van der Waals surface area contributed by atoms with Crippen molar-refractivity contribution in [2.75, 3.05) is 18.8 Å². The molecule has 6 heteroatoms. The molecule has 0 saturated heterocycles. The zero-order valence-electron chi connectivity index (χ0n) is 11.5. The molecule has 0 saturated carbocycles. The van der Waals surface area contributed by atoms with Gasteiger partial charge in [0, 0.05) is 31.2 Å². The lowest BCUT2D eigenvalue weighted by atomic mass is 10.2. The first-order chi connectivity index (χ1) is 8.41. The maximum atomic E-state index is 11.7. The maximum absolute atomic E-state index is 11.7. The van der Waals surface area contributed by atoms with Crippen molar-refractivity contribution in [1.82, 2.24) is 20.4 Å². The van der Waals surface area contributed by atoms with E-state index >= 15 is 0 Å². The van der Waals surface area contributed by atoms with E-state index in [2.05, 4.69) is 48.1 Å². The monoisotopic (exact) mass is 253 g/mol. The number of rotatable bonds is 6. The van der Waals surface area contributed by atoms with Crippen molar-refractivity contribution in [1.29, 1.82) is 0 Å². The van der Waals surface area contributed by atoms with E-state index in [1.807, 2.05) is 0 Å². The number of nitrogens with one attached hydrogen (secondary N) is 2. The molecule has 0 bridgehead atoms. The summed E-state index contributed by atoms with van der Waals surface area (Å²) in [6.45, 7) is 10.0. The second kappa shape index (κ2) is 6.39. The Labute approximate surface area is 108 Å². The molecule has 0 aliphatic heterocycles. The Kier molecular flexibility index (Phi) is 5.15. The fourth-order valence-corrected chi connectivity index (χ4v) is 1.96. The third kappa shape index (κ3) is 4.03. The van der Waals surface area contributed by atoms with Crippen LogP contribution in [0.1, 0.15) is 38.2 Å². The van der Waals surface area contributed by atoms with E-state index < -0.39 is 0 Å². The van der Waals surface area contributed by atoms with Gasteiger partial charge in [-0.25, -0.2) is 0 Å². The molecule has 0 spiro atoms. The van der Waals surface area contributed by atoms with Crippen molar-refractivity contribution >= 4 is 11.7 Å². The normalized spacial score (nSPS) is 11.5. The van der Waals surface area contributed by atoms with Crippen molar-refractivity contribution < 1.29 is 4.79 Å². The van der Waals surface area contributed by atoms with Crippen LogP contribution in [0.4, 0.5) is 5.82 Å². The van der Waals surface area contributed by atoms with Crippen molar-refractivity contribution in [3.05, 3.63) is 11.8 Å². The van der Waals surface area contributed by atoms with E-state index in [0.717, 1.165) is 6.54 Å². The molecule has 18 heavy (non-hydrogen) atoms. The van der Waals surface area contributed by atoms with E-state index in [1.54, 1.807) is 0 Å². The second-order valence-electron chi connectivity index (χ2n) is 4.89. The number of hydrogen-bond acceptors (Lipinski definition) is 4. The lowest BCUT2D eigenvalue weighted by molar-refractivity contribution is 0.0934. The van der Waals surface area contributed by atoms with Gasteiger partial charge in [-0.05, 0) is 27.7 Å². The minimum absolute atomic E-state index is 0.174. The Morgan fingerprint density at radius 3 is 2.50 bits per heavy atom. The van der Waals surface area contributed by atoms with Crippen LogP contribution in [0.5, 0.6) is 0 Å². The van der Waals surface area contributed by atoms with E-state index in [4.69, 9.17) is 5.73 Å². The van der Waals surface area contributed by atoms with Gasteiger partial charge < -0.3 is 11.1 Å². The zero-order chi connectivity index (χ0) is 13.7. The quantitative estimate of drug-likeness (QED) is 0.701. The largest absolute Gasteiger partial charge is 0.382 e. The summed E-state index contributed by atoms with van der Waals surface area (Å²) in [7, 11) is 0. The molecular weight excluding hydrogens is 230 g/mol. The summed E-state index contributed by atoms with van der Waals surface area (Å²) < 4.78 is 0. The van der Waals surface area contributed by atoms with Crippen LogP contribution in [0, 0.1) is 0 Å². The van der Waals surface area contributed by atoms with Gasteiger partial charge in [-0.1, -0.05) is 0 Å². The molecule has 0 atom stereocenters. The number of carbonyl (C=O) groups is 1. The van der Waals surface area contributed by atoms with E-state index in [1.165, 1.54) is 6.07 Å². The third-order valence-electron chi connectivity index (χ3n) is 2.82. The van der Waals surface area contributed by atoms with Crippen molar-refractivity contribution in [3.8, 4) is 0 Å². The summed E-state index contributed by atoms with van der Waals surface area (Å²) >= 11 is 0. The number of aromatic nitrogens is 2. The van der Waals surface area contributed by atoms with E-state index in [0.29, 0.717) is 30.1 Å². The molecule has 1 aromatic rings. The number of nitrogen functional groups attached to an aromatic ring is 1. The highest BCUT2D eigenvalue weighted by atomic mass is 16.1. The molecule has 6 nitrogen and oxygen atoms in total. The van der Waals surface area contributed by atoms with Gasteiger partial charge in [-0.15, -0.1) is 0 Å². The van der Waals surface area contributed by atoms with Crippen LogP contribution < -0.4 is 11.1 Å². The molecule has 4 N–H and O–H groups in total. The van der Waals surface area contributed by atoms with Gasteiger partial charge in [0.25, 0.3) is 5.91 Å². The Balaban J connectivity index is 2.39. The van der Waals surface area contributed by atoms with Gasteiger partial charge in [-0.3, -0.25) is 14.8 Å². The Morgan fingerprint density at radius 2 is 2.06 bits per heavy atom. The molecule has 0 aromatic carbocycles. The number of amides is 1. The number of nitrogens with zero attached hydrogens (tertiary/aromatic N) is 2. The van der Waals surface area contributed by atoms with Gasteiger partial charge in [0.2, 0.25) is 0 Å². The lowest BCUT2D eigenvalue weighted by Gasteiger charge is -2.30. The van der Waals surface area contributed by atoms with Crippen LogP contribution in [0.3, 0.4) is 0 Å². The van der Waals surface area contributed by atoms with Crippen LogP contribution in [0.15, 0.2) is 6.07 Å². The van der Waals surface area contributed by atoms with Crippen LogP contribution in [-0.2, 0) is 0 Å².